The average molecular weight is 238 g/mol. The fourth-order valence-electron chi connectivity index (χ4n) is 1.87. The van der Waals surface area contributed by atoms with Crippen LogP contribution in [0, 0.1) is 0 Å². The van der Waals surface area contributed by atoms with Gasteiger partial charge in [-0.15, -0.1) is 0 Å². The number of rotatable bonds is 5. The van der Waals surface area contributed by atoms with Crippen LogP contribution in [0.25, 0.3) is 0 Å². The van der Waals surface area contributed by atoms with Crippen molar-refractivity contribution in [3.05, 3.63) is 29.3 Å². The van der Waals surface area contributed by atoms with Gasteiger partial charge in [-0.1, -0.05) is 39.0 Å². The number of aromatic hydroxyl groups is 1. The van der Waals surface area contributed by atoms with Crippen LogP contribution in [0.1, 0.15) is 56.4 Å². The summed E-state index contributed by atoms with van der Waals surface area (Å²) in [6.45, 7) is 8.62. The normalized spacial score (nSPS) is 14.8. The number of hydrogen-bond acceptors (Lipinski definition) is 2. The van der Waals surface area contributed by atoms with Gasteiger partial charge in [0.15, 0.2) is 0 Å². The molecule has 0 amide bonds. The van der Waals surface area contributed by atoms with E-state index < -0.39 is 0 Å². The van der Waals surface area contributed by atoms with E-state index in [4.69, 9.17) is 0 Å². The molecule has 0 unspecified atom stereocenters. The molecular formula is C14H22OS. The van der Waals surface area contributed by atoms with Crippen molar-refractivity contribution in [1.82, 2.24) is 0 Å². The van der Waals surface area contributed by atoms with Gasteiger partial charge in [-0.2, -0.15) is 11.8 Å². The van der Waals surface area contributed by atoms with E-state index >= 15 is 0 Å². The highest BCUT2D eigenvalue weighted by molar-refractivity contribution is 7.99. The van der Waals surface area contributed by atoms with E-state index in [2.05, 4.69) is 33.8 Å². The van der Waals surface area contributed by atoms with Crippen molar-refractivity contribution in [3.8, 4) is 5.75 Å². The Balaban J connectivity index is 3.03. The highest BCUT2D eigenvalue weighted by Crippen LogP contribution is 2.38. The molecule has 0 radical (unpaired) electrons. The minimum absolute atomic E-state index is 0.369. The van der Waals surface area contributed by atoms with Gasteiger partial charge in [0.25, 0.3) is 0 Å². The van der Waals surface area contributed by atoms with Crippen molar-refractivity contribution < 1.29 is 5.11 Å². The van der Waals surface area contributed by atoms with E-state index in [-0.39, 0.29) is 0 Å². The molecule has 0 fully saturated rings. The number of benzene rings is 1. The smallest absolute Gasteiger partial charge is 0.123 e. The predicted molar refractivity (Wildman–Crippen MR) is 73.4 cm³/mol. The molecule has 1 nitrogen and oxygen atoms in total. The zero-order valence-electron chi connectivity index (χ0n) is 10.7. The molecule has 0 bridgehead atoms. The molecule has 0 saturated heterocycles. The van der Waals surface area contributed by atoms with Crippen molar-refractivity contribution in [2.24, 2.45) is 0 Å². The lowest BCUT2D eigenvalue weighted by atomic mass is 9.95. The molecule has 16 heavy (non-hydrogen) atoms. The minimum Gasteiger partial charge on any atom is -0.507 e. The number of phenols is 1. The molecule has 90 valence electrons. The molecule has 1 aromatic rings. The van der Waals surface area contributed by atoms with Gasteiger partial charge in [0.2, 0.25) is 0 Å². The average Bonchev–Trinajstić information content (AvgIpc) is 2.28. The van der Waals surface area contributed by atoms with Gasteiger partial charge >= 0.3 is 0 Å². The largest absolute Gasteiger partial charge is 0.507 e. The molecule has 0 aliphatic carbocycles. The summed E-state index contributed by atoms with van der Waals surface area (Å²) < 4.78 is 0. The lowest BCUT2D eigenvalue weighted by molar-refractivity contribution is 0.455. The van der Waals surface area contributed by atoms with Crippen molar-refractivity contribution in [2.45, 2.75) is 45.3 Å². The van der Waals surface area contributed by atoms with Crippen LogP contribution in [-0.4, -0.2) is 10.9 Å². The second kappa shape index (κ2) is 6.19. The Morgan fingerprint density at radius 1 is 1.19 bits per heavy atom. The number of para-hydroxylation sites is 1. The second-order valence-electron chi connectivity index (χ2n) is 4.19. The van der Waals surface area contributed by atoms with Gasteiger partial charge in [-0.05, 0) is 30.6 Å². The van der Waals surface area contributed by atoms with Crippen LogP contribution in [0.5, 0.6) is 5.75 Å². The Kier molecular flexibility index (Phi) is 5.20. The lowest BCUT2D eigenvalue weighted by Crippen LogP contribution is -1.97. The molecule has 1 N–H and O–H groups in total. The van der Waals surface area contributed by atoms with Crippen molar-refractivity contribution >= 4 is 11.8 Å². The van der Waals surface area contributed by atoms with E-state index in [9.17, 15) is 5.11 Å². The summed E-state index contributed by atoms with van der Waals surface area (Å²) in [5.74, 6) is 2.01. The first-order chi connectivity index (χ1) is 7.61. The van der Waals surface area contributed by atoms with E-state index in [0.29, 0.717) is 16.9 Å². The molecule has 1 rings (SSSR count). The van der Waals surface area contributed by atoms with Crippen LogP contribution in [-0.2, 0) is 0 Å². The summed E-state index contributed by atoms with van der Waals surface area (Å²) in [4.78, 5) is 0. The second-order valence-corrected chi connectivity index (χ2v) is 5.81. The van der Waals surface area contributed by atoms with Crippen LogP contribution >= 0.6 is 11.8 Å². The molecule has 1 aromatic carbocycles. The van der Waals surface area contributed by atoms with Crippen LogP contribution < -0.4 is 0 Å². The molecule has 0 heterocycles. The van der Waals surface area contributed by atoms with E-state index in [1.54, 1.807) is 0 Å². The third kappa shape index (κ3) is 2.94. The highest BCUT2D eigenvalue weighted by Gasteiger charge is 2.15. The molecule has 0 aliphatic rings. The third-order valence-electron chi connectivity index (χ3n) is 3.10. The summed E-state index contributed by atoms with van der Waals surface area (Å²) in [7, 11) is 0. The predicted octanol–water partition coefficient (Wildman–Crippen LogP) is 4.72. The zero-order valence-corrected chi connectivity index (χ0v) is 11.5. The molecule has 2 atom stereocenters. The van der Waals surface area contributed by atoms with Crippen molar-refractivity contribution in [2.75, 3.05) is 5.75 Å². The number of thioether (sulfide) groups is 1. The number of phenolic OH excluding ortho intramolecular Hbond substituents is 1. The van der Waals surface area contributed by atoms with Gasteiger partial charge in [-0.3, -0.25) is 0 Å². The zero-order chi connectivity index (χ0) is 12.1. The first-order valence-corrected chi connectivity index (χ1v) is 7.10. The summed E-state index contributed by atoms with van der Waals surface area (Å²) in [6, 6.07) is 6.13. The maximum atomic E-state index is 10.3. The molecule has 2 heteroatoms. The summed E-state index contributed by atoms with van der Waals surface area (Å²) in [5, 5.41) is 10.6. The Labute approximate surface area is 103 Å². The quantitative estimate of drug-likeness (QED) is 0.801. The Bertz CT molecular complexity index is 336. The monoisotopic (exact) mass is 238 g/mol. The Morgan fingerprint density at radius 2 is 1.81 bits per heavy atom. The standard InChI is InChI=1S/C14H22OS/c1-5-10(3)12-8-7-9-13(14(12)15)11(4)16-6-2/h7-11,15H,5-6H2,1-4H3/t10-,11-/m1/s1. The lowest BCUT2D eigenvalue weighted by Gasteiger charge is -2.17. The maximum absolute atomic E-state index is 10.3. The first-order valence-electron chi connectivity index (χ1n) is 6.05. The molecule has 0 spiro atoms. The van der Waals surface area contributed by atoms with E-state index in [0.717, 1.165) is 23.3 Å². The number of hydrogen-bond donors (Lipinski definition) is 1. The van der Waals surface area contributed by atoms with Gasteiger partial charge in [0.05, 0.1) is 0 Å². The summed E-state index contributed by atoms with van der Waals surface area (Å²) in [6.07, 6.45) is 1.06. The summed E-state index contributed by atoms with van der Waals surface area (Å²) >= 11 is 1.87. The highest BCUT2D eigenvalue weighted by atomic mass is 32.2. The van der Waals surface area contributed by atoms with Gasteiger partial charge in [0.1, 0.15) is 5.75 Å². The van der Waals surface area contributed by atoms with Gasteiger partial charge < -0.3 is 5.11 Å². The van der Waals surface area contributed by atoms with E-state index in [1.807, 2.05) is 23.9 Å². The fourth-order valence-corrected chi connectivity index (χ4v) is 2.74. The van der Waals surface area contributed by atoms with Gasteiger partial charge in [0, 0.05) is 10.8 Å². The third-order valence-corrected chi connectivity index (χ3v) is 4.18. The molecular weight excluding hydrogens is 216 g/mol. The topological polar surface area (TPSA) is 20.2 Å². The minimum atomic E-state index is 0.369. The van der Waals surface area contributed by atoms with Crippen molar-refractivity contribution in [3.63, 3.8) is 0 Å². The van der Waals surface area contributed by atoms with Crippen molar-refractivity contribution in [1.29, 1.82) is 0 Å². The maximum Gasteiger partial charge on any atom is 0.123 e. The van der Waals surface area contributed by atoms with Crippen LogP contribution in [0.15, 0.2) is 18.2 Å². The molecule has 0 saturated carbocycles. The molecule has 0 aromatic heterocycles. The Morgan fingerprint density at radius 3 is 2.38 bits per heavy atom. The SMILES string of the molecule is CCS[C@H](C)c1cccc([C@H](C)CC)c1O. The molecule has 0 aliphatic heterocycles. The summed E-state index contributed by atoms with van der Waals surface area (Å²) in [5.41, 5.74) is 2.16. The van der Waals surface area contributed by atoms with Gasteiger partial charge in [-0.25, -0.2) is 0 Å². The van der Waals surface area contributed by atoms with Crippen LogP contribution in [0.4, 0.5) is 0 Å². The van der Waals surface area contributed by atoms with E-state index in [1.165, 1.54) is 0 Å². The van der Waals surface area contributed by atoms with Crippen LogP contribution in [0.2, 0.25) is 0 Å². The fraction of sp³-hybridized carbons (Fsp3) is 0.571. The first kappa shape index (κ1) is 13.4. The Hall–Kier alpha value is -0.630. The van der Waals surface area contributed by atoms with Crippen LogP contribution in [0.3, 0.4) is 0 Å².